The molecule has 0 saturated carbocycles. The minimum atomic E-state index is -2.00. The maximum atomic E-state index is 14.2. The van der Waals surface area contributed by atoms with E-state index >= 15 is 0 Å². The van der Waals surface area contributed by atoms with Crippen LogP contribution in [0.2, 0.25) is 0 Å². The summed E-state index contributed by atoms with van der Waals surface area (Å²) in [5, 5.41) is 8.67. The molecule has 2 aromatic carbocycles. The highest BCUT2D eigenvalue weighted by Crippen LogP contribution is 2.35. The van der Waals surface area contributed by atoms with Gasteiger partial charge < -0.3 is 0 Å². The van der Waals surface area contributed by atoms with Crippen LogP contribution in [-0.2, 0) is 6.42 Å². The van der Waals surface area contributed by atoms with E-state index in [-0.39, 0.29) is 5.56 Å². The molecule has 0 radical (unpaired) electrons. The Balaban J connectivity index is 3.00. The highest BCUT2D eigenvalue weighted by Gasteiger charge is 2.26. The fourth-order valence-corrected chi connectivity index (χ4v) is 1.57. The van der Waals surface area contributed by atoms with Gasteiger partial charge >= 0.3 is 0 Å². The van der Waals surface area contributed by atoms with E-state index in [0.717, 1.165) is 0 Å². The predicted octanol–water partition coefficient (Wildman–Crippen LogP) is 4.53. The molecule has 0 atom stereocenters. The molecule has 2 aromatic rings. The molecule has 0 spiro atoms. The van der Waals surface area contributed by atoms with Gasteiger partial charge in [0.05, 0.1) is 30.1 Å². The van der Waals surface area contributed by atoms with Crippen LogP contribution < -0.4 is 0 Å². The first-order valence-electron chi connectivity index (χ1n) is 7.38. The van der Waals surface area contributed by atoms with Crippen molar-refractivity contribution in [1.82, 2.24) is 0 Å². The lowest BCUT2D eigenvalue weighted by Crippen LogP contribution is -1.99. The average molecular weight is 294 g/mol. The third-order valence-corrected chi connectivity index (χ3v) is 2.53. The van der Waals surface area contributed by atoms with Crippen LogP contribution in [0.25, 0.3) is 16.0 Å². The molecule has 2 nitrogen and oxygen atoms in total. The van der Waals surface area contributed by atoms with E-state index in [1.54, 1.807) is 6.07 Å². The van der Waals surface area contributed by atoms with E-state index < -0.39 is 70.7 Å². The predicted molar refractivity (Wildman–Crippen MR) is 67.3 cm³/mol. The van der Waals surface area contributed by atoms with E-state index in [9.17, 15) is 17.6 Å². The van der Waals surface area contributed by atoms with Gasteiger partial charge in [0.2, 0.25) is 0 Å². The van der Waals surface area contributed by atoms with Gasteiger partial charge in [0.1, 0.15) is 0 Å². The number of halogens is 4. The Labute approximate surface area is 123 Å². The first kappa shape index (κ1) is 9.95. The topological polar surface area (TPSA) is 28.1 Å². The van der Waals surface area contributed by atoms with E-state index in [1.807, 2.05) is 0 Å². The number of nitriles is 1. The molecule has 0 heterocycles. The summed E-state index contributed by atoms with van der Waals surface area (Å²) < 4.78 is 87.0. The van der Waals surface area contributed by atoms with Crippen LogP contribution >= 0.6 is 0 Å². The lowest BCUT2D eigenvalue weighted by Gasteiger charge is -2.09. The van der Waals surface area contributed by atoms with Crippen molar-refractivity contribution >= 4 is 5.69 Å². The van der Waals surface area contributed by atoms with Crippen molar-refractivity contribution in [3.63, 3.8) is 0 Å². The molecule has 0 saturated heterocycles. The first-order chi connectivity index (χ1) is 11.7. The summed E-state index contributed by atoms with van der Waals surface area (Å²) in [6.45, 7) is 6.57. The summed E-state index contributed by atoms with van der Waals surface area (Å²) in [6.07, 6.45) is -0.500. The number of nitrogens with zero attached hydrogens (tertiary/aromatic N) is 2. The van der Waals surface area contributed by atoms with Crippen molar-refractivity contribution in [3.8, 4) is 17.2 Å². The molecule has 0 aliphatic rings. The molecule has 0 fully saturated rings. The molecular formula is C15H6F4N2. The van der Waals surface area contributed by atoms with Crippen LogP contribution in [0, 0.1) is 41.2 Å². The van der Waals surface area contributed by atoms with Crippen LogP contribution in [0.15, 0.2) is 24.2 Å². The zero-order valence-corrected chi connectivity index (χ0v) is 10.1. The van der Waals surface area contributed by atoms with E-state index in [0.29, 0.717) is 0 Å². The van der Waals surface area contributed by atoms with Crippen molar-refractivity contribution in [3.05, 3.63) is 64.4 Å². The maximum absolute atomic E-state index is 14.2. The van der Waals surface area contributed by atoms with Crippen molar-refractivity contribution < 1.29 is 23.0 Å². The van der Waals surface area contributed by atoms with Crippen LogP contribution in [-0.4, -0.2) is 0 Å². The Morgan fingerprint density at radius 3 is 2.00 bits per heavy atom. The minimum Gasteiger partial charge on any atom is -0.232 e. The van der Waals surface area contributed by atoms with E-state index in [4.69, 9.17) is 17.3 Å². The molecule has 0 aliphatic carbocycles. The fourth-order valence-electron chi connectivity index (χ4n) is 1.57. The van der Waals surface area contributed by atoms with E-state index in [1.165, 1.54) is 0 Å². The smallest absolute Gasteiger partial charge is 0.232 e. The summed E-state index contributed by atoms with van der Waals surface area (Å²) in [7, 11) is 0. The maximum Gasteiger partial charge on any atom is 0.262 e. The summed E-state index contributed by atoms with van der Waals surface area (Å²) in [5.41, 5.74) is -4.28. The van der Waals surface area contributed by atoms with Gasteiger partial charge in [0, 0.05) is 0 Å². The molecule has 0 N–H and O–H groups in total. The molecule has 0 aromatic heterocycles. The SMILES string of the molecule is [2H]c1c([2H])c(-c2c(F)c(F)c([N+]#[C-])c(F)c2F)c([2H])c([2H])c1CC#N. The molecule has 21 heavy (non-hydrogen) atoms. The number of hydrogen-bond acceptors (Lipinski definition) is 1. The first-order valence-corrected chi connectivity index (χ1v) is 5.38. The summed E-state index contributed by atoms with van der Waals surface area (Å²) in [5.74, 6) is -8.00. The van der Waals surface area contributed by atoms with Gasteiger partial charge in [-0.2, -0.15) is 5.26 Å². The lowest BCUT2D eigenvalue weighted by atomic mass is 10.0. The molecule has 6 heteroatoms. The van der Waals surface area contributed by atoms with E-state index in [2.05, 4.69) is 4.85 Å². The average Bonchev–Trinajstić information content (AvgIpc) is 2.58. The fraction of sp³-hybridized carbons (Fsp3) is 0.0667. The largest absolute Gasteiger partial charge is 0.262 e. The Morgan fingerprint density at radius 1 is 1.05 bits per heavy atom. The van der Waals surface area contributed by atoms with Crippen molar-refractivity contribution in [2.24, 2.45) is 0 Å². The molecule has 0 aliphatic heterocycles. The zero-order valence-electron chi connectivity index (χ0n) is 14.1. The molecule has 2 rings (SSSR count). The molecule has 104 valence electrons. The van der Waals surface area contributed by atoms with Crippen LogP contribution in [0.4, 0.5) is 23.2 Å². The summed E-state index contributed by atoms with van der Waals surface area (Å²) in [6, 6.07) is -1.81. The summed E-state index contributed by atoms with van der Waals surface area (Å²) >= 11 is 0. The highest BCUT2D eigenvalue weighted by molar-refractivity contribution is 5.69. The van der Waals surface area contributed by atoms with Gasteiger partial charge in [0.15, 0.2) is 23.3 Å². The Bertz CT molecular complexity index is 935. The molecule has 0 unspecified atom stereocenters. The Morgan fingerprint density at radius 2 is 1.57 bits per heavy atom. The van der Waals surface area contributed by atoms with Crippen LogP contribution in [0.3, 0.4) is 0 Å². The quantitative estimate of drug-likeness (QED) is 0.454. The number of benzene rings is 2. The van der Waals surface area contributed by atoms with Gasteiger partial charge in [-0.15, -0.1) is 0 Å². The van der Waals surface area contributed by atoms with Gasteiger partial charge in [-0.25, -0.2) is 22.4 Å². The second kappa shape index (κ2) is 5.64. The third-order valence-electron chi connectivity index (χ3n) is 2.53. The van der Waals surface area contributed by atoms with Gasteiger partial charge in [-0.3, -0.25) is 0 Å². The third kappa shape index (κ3) is 2.44. The van der Waals surface area contributed by atoms with Crippen molar-refractivity contribution in [2.45, 2.75) is 6.42 Å². The van der Waals surface area contributed by atoms with Gasteiger partial charge in [0.25, 0.3) is 5.69 Å². The number of hydrogen-bond donors (Lipinski definition) is 0. The standard InChI is InChI=1S/C15H6F4N2/c1-21-15-13(18)11(16)10(12(17)14(15)19)9-4-2-8(3-5-9)6-7-20/h2-5H,6H2/i2D,3D,4D,5D. The Kier molecular flexibility index (Phi) is 2.67. The molecular weight excluding hydrogens is 284 g/mol. The minimum absolute atomic E-state index is 0.319. The van der Waals surface area contributed by atoms with Crippen LogP contribution in [0.1, 0.15) is 11.0 Å². The molecule has 0 amide bonds. The van der Waals surface area contributed by atoms with Crippen molar-refractivity contribution in [2.75, 3.05) is 0 Å². The Hall–Kier alpha value is -2.86. The molecule has 0 bridgehead atoms. The monoisotopic (exact) mass is 294 g/mol. The lowest BCUT2D eigenvalue weighted by molar-refractivity contribution is 0.465. The van der Waals surface area contributed by atoms with Crippen molar-refractivity contribution in [1.29, 1.82) is 5.26 Å². The second-order valence-corrected chi connectivity index (χ2v) is 3.78. The van der Waals surface area contributed by atoms with Gasteiger partial charge in [-0.1, -0.05) is 24.2 Å². The zero-order chi connectivity index (χ0) is 19.0. The van der Waals surface area contributed by atoms with Crippen LogP contribution in [0.5, 0.6) is 0 Å². The summed E-state index contributed by atoms with van der Waals surface area (Å²) in [4.78, 5) is 2.36. The van der Waals surface area contributed by atoms with Gasteiger partial charge in [-0.05, 0) is 11.1 Å². The number of rotatable bonds is 2. The second-order valence-electron chi connectivity index (χ2n) is 3.78. The normalized spacial score (nSPS) is 12.7. The highest BCUT2D eigenvalue weighted by atomic mass is 19.2.